The Kier molecular flexibility index (Phi) is 3.77. The van der Waals surface area contributed by atoms with E-state index in [2.05, 4.69) is 56.1 Å². The van der Waals surface area contributed by atoms with Crippen molar-refractivity contribution in [2.24, 2.45) is 5.92 Å². The van der Waals surface area contributed by atoms with E-state index < -0.39 is 0 Å². The first-order chi connectivity index (χ1) is 9.15. The molecule has 1 aliphatic carbocycles. The number of hydrogen-bond acceptors (Lipinski definition) is 0. The number of halogens is 3. The first-order valence-corrected chi connectivity index (χ1v) is 8.02. The Balaban J connectivity index is 1.80. The fraction of sp³-hybridized carbons (Fsp3) is 0.250. The van der Waals surface area contributed by atoms with Gasteiger partial charge in [0, 0.05) is 4.83 Å². The van der Waals surface area contributed by atoms with Crippen LogP contribution in [0.3, 0.4) is 0 Å². The maximum Gasteiger partial charge on any atom is 0.137 e. The highest BCUT2D eigenvalue weighted by atomic mass is 79.9. The summed E-state index contributed by atoms with van der Waals surface area (Å²) < 4.78 is 13.8. The van der Waals surface area contributed by atoms with E-state index >= 15 is 0 Å². The molecule has 2 unspecified atom stereocenters. The Bertz CT molecular complexity index is 609. The molecule has 0 radical (unpaired) electrons. The fourth-order valence-electron chi connectivity index (χ4n) is 2.77. The second kappa shape index (κ2) is 5.37. The van der Waals surface area contributed by atoms with Crippen molar-refractivity contribution < 1.29 is 4.39 Å². The molecule has 0 nitrogen and oxygen atoms in total. The Hall–Kier alpha value is -0.670. The number of hydrogen-bond donors (Lipinski definition) is 0. The summed E-state index contributed by atoms with van der Waals surface area (Å²) in [6.07, 6.45) is 2.05. The van der Waals surface area contributed by atoms with E-state index in [0.29, 0.717) is 15.2 Å². The summed E-state index contributed by atoms with van der Waals surface area (Å²) in [4.78, 5) is 0.396. The largest absolute Gasteiger partial charge is 0.206 e. The lowest BCUT2D eigenvalue weighted by Gasteiger charge is -2.15. The molecule has 19 heavy (non-hydrogen) atoms. The molecule has 98 valence electrons. The van der Waals surface area contributed by atoms with Gasteiger partial charge < -0.3 is 0 Å². The van der Waals surface area contributed by atoms with Crippen LogP contribution >= 0.6 is 31.9 Å². The normalized spacial score (nSPS) is 21.4. The van der Waals surface area contributed by atoms with Gasteiger partial charge in [-0.1, -0.05) is 46.3 Å². The van der Waals surface area contributed by atoms with Crippen LogP contribution in [-0.4, -0.2) is 0 Å². The maximum atomic E-state index is 13.2. The van der Waals surface area contributed by atoms with E-state index in [-0.39, 0.29) is 5.82 Å². The van der Waals surface area contributed by atoms with Gasteiger partial charge in [0.1, 0.15) is 5.82 Å². The number of fused-ring (bicyclic) bond motifs is 1. The van der Waals surface area contributed by atoms with Crippen LogP contribution < -0.4 is 0 Å². The Morgan fingerprint density at radius 1 is 1.16 bits per heavy atom. The highest BCUT2D eigenvalue weighted by Gasteiger charge is 2.30. The van der Waals surface area contributed by atoms with Crippen molar-refractivity contribution in [2.45, 2.75) is 17.7 Å². The van der Waals surface area contributed by atoms with Gasteiger partial charge in [0.15, 0.2) is 0 Å². The molecule has 2 atom stereocenters. The molecular formula is C16H13Br2F. The molecule has 0 aromatic heterocycles. The standard InChI is InChI=1S/C16H13Br2F/c17-14-8-10(5-6-15(14)19)7-12-9-11-3-1-2-4-13(11)16(12)18/h1-6,8,12,16H,7,9H2. The molecule has 3 rings (SSSR count). The van der Waals surface area contributed by atoms with E-state index in [1.807, 2.05) is 12.1 Å². The molecule has 0 aliphatic heterocycles. The lowest BCUT2D eigenvalue weighted by atomic mass is 9.96. The number of benzene rings is 2. The summed E-state index contributed by atoms with van der Waals surface area (Å²) in [5.41, 5.74) is 4.00. The summed E-state index contributed by atoms with van der Waals surface area (Å²) in [6, 6.07) is 13.9. The molecule has 2 aromatic carbocycles. The highest BCUT2D eigenvalue weighted by molar-refractivity contribution is 9.10. The third-order valence-corrected chi connectivity index (χ3v) is 5.58. The fourth-order valence-corrected chi connectivity index (χ4v) is 4.02. The van der Waals surface area contributed by atoms with Gasteiger partial charge in [-0.2, -0.15) is 0 Å². The Labute approximate surface area is 129 Å². The van der Waals surface area contributed by atoms with Gasteiger partial charge in [0.05, 0.1) is 4.47 Å². The topological polar surface area (TPSA) is 0 Å². The number of alkyl halides is 1. The van der Waals surface area contributed by atoms with E-state index in [9.17, 15) is 4.39 Å². The quantitative estimate of drug-likeness (QED) is 0.605. The Morgan fingerprint density at radius 3 is 2.68 bits per heavy atom. The molecule has 0 saturated heterocycles. The second-order valence-corrected chi connectivity index (χ2v) is 6.86. The molecule has 0 fully saturated rings. The predicted molar refractivity (Wildman–Crippen MR) is 83.1 cm³/mol. The Morgan fingerprint density at radius 2 is 1.95 bits per heavy atom. The van der Waals surface area contributed by atoms with Gasteiger partial charge in [-0.25, -0.2) is 4.39 Å². The minimum Gasteiger partial charge on any atom is -0.206 e. The van der Waals surface area contributed by atoms with E-state index in [1.165, 1.54) is 22.8 Å². The molecule has 0 saturated carbocycles. The molecule has 0 spiro atoms. The van der Waals surface area contributed by atoms with Crippen LogP contribution in [0.1, 0.15) is 21.5 Å². The van der Waals surface area contributed by atoms with Gasteiger partial charge in [-0.15, -0.1) is 0 Å². The van der Waals surface area contributed by atoms with Crippen LogP contribution in [0.25, 0.3) is 0 Å². The predicted octanol–water partition coefficient (Wildman–Crippen LogP) is 5.44. The zero-order valence-electron chi connectivity index (χ0n) is 10.2. The zero-order chi connectivity index (χ0) is 13.4. The lowest BCUT2D eigenvalue weighted by Crippen LogP contribution is -2.06. The molecule has 0 amide bonds. The molecule has 3 heteroatoms. The summed E-state index contributed by atoms with van der Waals surface area (Å²) in [7, 11) is 0. The first-order valence-electron chi connectivity index (χ1n) is 6.31. The minimum absolute atomic E-state index is 0.200. The first kappa shape index (κ1) is 13.3. The molecule has 0 N–H and O–H groups in total. The van der Waals surface area contributed by atoms with E-state index in [1.54, 1.807) is 0 Å². The smallest absolute Gasteiger partial charge is 0.137 e. The minimum atomic E-state index is -0.200. The average molecular weight is 384 g/mol. The van der Waals surface area contributed by atoms with Gasteiger partial charge in [-0.3, -0.25) is 0 Å². The lowest BCUT2D eigenvalue weighted by molar-refractivity contribution is 0.553. The van der Waals surface area contributed by atoms with Crippen LogP contribution in [0.15, 0.2) is 46.9 Å². The molecule has 2 aromatic rings. The summed E-state index contributed by atoms with van der Waals surface area (Å²) >= 11 is 7.06. The van der Waals surface area contributed by atoms with Crippen molar-refractivity contribution in [3.05, 3.63) is 69.4 Å². The summed E-state index contributed by atoms with van der Waals surface area (Å²) in [5.74, 6) is 0.337. The monoisotopic (exact) mass is 382 g/mol. The van der Waals surface area contributed by atoms with Crippen molar-refractivity contribution in [1.82, 2.24) is 0 Å². The van der Waals surface area contributed by atoms with Crippen LogP contribution in [0.4, 0.5) is 4.39 Å². The third kappa shape index (κ3) is 2.63. The molecule has 0 heterocycles. The maximum absolute atomic E-state index is 13.2. The van der Waals surface area contributed by atoms with Crippen LogP contribution in [-0.2, 0) is 12.8 Å². The second-order valence-electron chi connectivity index (χ2n) is 5.02. The van der Waals surface area contributed by atoms with Crippen LogP contribution in [0.2, 0.25) is 0 Å². The van der Waals surface area contributed by atoms with Crippen LogP contribution in [0, 0.1) is 11.7 Å². The highest BCUT2D eigenvalue weighted by Crippen LogP contribution is 2.43. The van der Waals surface area contributed by atoms with Crippen molar-refractivity contribution in [3.63, 3.8) is 0 Å². The SMILES string of the molecule is Fc1ccc(CC2Cc3ccccc3C2Br)cc1Br. The molecular weight excluding hydrogens is 371 g/mol. The average Bonchev–Trinajstić information content (AvgIpc) is 2.72. The van der Waals surface area contributed by atoms with Crippen molar-refractivity contribution >= 4 is 31.9 Å². The van der Waals surface area contributed by atoms with Crippen molar-refractivity contribution in [2.75, 3.05) is 0 Å². The zero-order valence-corrected chi connectivity index (χ0v) is 13.4. The van der Waals surface area contributed by atoms with E-state index in [0.717, 1.165) is 12.8 Å². The van der Waals surface area contributed by atoms with E-state index in [4.69, 9.17) is 0 Å². The van der Waals surface area contributed by atoms with Crippen molar-refractivity contribution in [1.29, 1.82) is 0 Å². The molecule has 1 aliphatic rings. The summed E-state index contributed by atoms with van der Waals surface area (Å²) in [6.45, 7) is 0. The van der Waals surface area contributed by atoms with Gasteiger partial charge in [-0.05, 0) is 63.5 Å². The molecule has 0 bridgehead atoms. The van der Waals surface area contributed by atoms with Gasteiger partial charge in [0.2, 0.25) is 0 Å². The van der Waals surface area contributed by atoms with Gasteiger partial charge >= 0.3 is 0 Å². The van der Waals surface area contributed by atoms with Crippen molar-refractivity contribution in [3.8, 4) is 0 Å². The summed E-state index contributed by atoms with van der Waals surface area (Å²) in [5, 5.41) is 0. The number of rotatable bonds is 2. The van der Waals surface area contributed by atoms with Crippen LogP contribution in [0.5, 0.6) is 0 Å². The third-order valence-electron chi connectivity index (χ3n) is 3.73. The van der Waals surface area contributed by atoms with Gasteiger partial charge in [0.25, 0.3) is 0 Å².